The van der Waals surface area contributed by atoms with Crippen molar-refractivity contribution in [2.24, 2.45) is 0 Å². The molecule has 1 amide bonds. The van der Waals surface area contributed by atoms with Gasteiger partial charge in [-0.15, -0.1) is 0 Å². The zero-order valence-corrected chi connectivity index (χ0v) is 12.3. The summed E-state index contributed by atoms with van der Waals surface area (Å²) in [7, 11) is 0. The van der Waals surface area contributed by atoms with Crippen LogP contribution in [0.15, 0.2) is 28.7 Å². The SMILES string of the molecule is CCN(CC)C(=O)CC(C#N)c1ccc(Br)cc1. The molecular weight excluding hydrogens is 292 g/mol. The molecule has 0 aliphatic carbocycles. The average Bonchev–Trinajstić information content (AvgIpc) is 2.38. The Balaban J connectivity index is 2.77. The van der Waals surface area contributed by atoms with Crippen LogP contribution in [-0.4, -0.2) is 23.9 Å². The van der Waals surface area contributed by atoms with E-state index in [2.05, 4.69) is 22.0 Å². The third kappa shape index (κ3) is 3.85. The number of carbonyl (C=O) groups is 1. The minimum absolute atomic E-state index is 0.0365. The predicted molar refractivity (Wildman–Crippen MR) is 75.0 cm³/mol. The van der Waals surface area contributed by atoms with E-state index < -0.39 is 0 Å². The summed E-state index contributed by atoms with van der Waals surface area (Å²) >= 11 is 3.35. The Morgan fingerprint density at radius 2 is 1.89 bits per heavy atom. The molecular formula is C14H17BrN2O. The second kappa shape index (κ2) is 7.17. The molecule has 1 aromatic rings. The lowest BCUT2D eigenvalue weighted by molar-refractivity contribution is -0.130. The highest BCUT2D eigenvalue weighted by atomic mass is 79.9. The van der Waals surface area contributed by atoms with E-state index in [1.165, 1.54) is 0 Å². The van der Waals surface area contributed by atoms with E-state index >= 15 is 0 Å². The quantitative estimate of drug-likeness (QED) is 0.837. The maximum absolute atomic E-state index is 12.0. The predicted octanol–water partition coefficient (Wildman–Crippen LogP) is 3.31. The number of rotatable bonds is 5. The monoisotopic (exact) mass is 308 g/mol. The Hall–Kier alpha value is -1.34. The van der Waals surface area contributed by atoms with Crippen molar-refractivity contribution in [3.05, 3.63) is 34.3 Å². The van der Waals surface area contributed by atoms with E-state index in [1.54, 1.807) is 4.90 Å². The van der Waals surface area contributed by atoms with Gasteiger partial charge >= 0.3 is 0 Å². The summed E-state index contributed by atoms with van der Waals surface area (Å²) in [6.07, 6.45) is 0.250. The highest BCUT2D eigenvalue weighted by Crippen LogP contribution is 2.22. The summed E-state index contributed by atoms with van der Waals surface area (Å²) in [5, 5.41) is 9.19. The summed E-state index contributed by atoms with van der Waals surface area (Å²) < 4.78 is 0.970. The third-order valence-corrected chi connectivity index (χ3v) is 3.45. The molecule has 0 bridgehead atoms. The molecule has 0 saturated heterocycles. The smallest absolute Gasteiger partial charge is 0.224 e. The van der Waals surface area contributed by atoms with Crippen LogP contribution >= 0.6 is 15.9 Å². The first-order valence-electron chi connectivity index (χ1n) is 6.05. The fraction of sp³-hybridized carbons (Fsp3) is 0.429. The lowest BCUT2D eigenvalue weighted by atomic mass is 9.96. The van der Waals surface area contributed by atoms with Crippen LogP contribution < -0.4 is 0 Å². The van der Waals surface area contributed by atoms with Gasteiger partial charge in [0.2, 0.25) is 5.91 Å². The van der Waals surface area contributed by atoms with E-state index in [0.29, 0.717) is 13.1 Å². The van der Waals surface area contributed by atoms with Crippen LogP contribution in [0.4, 0.5) is 0 Å². The standard InChI is InChI=1S/C14H17BrN2O/c1-3-17(4-2)14(18)9-12(10-16)11-5-7-13(15)8-6-11/h5-8,12H,3-4,9H2,1-2H3. The van der Waals surface area contributed by atoms with Crippen LogP contribution in [0.2, 0.25) is 0 Å². The topological polar surface area (TPSA) is 44.1 Å². The van der Waals surface area contributed by atoms with Gasteiger partial charge in [0.05, 0.1) is 12.0 Å². The van der Waals surface area contributed by atoms with Crippen LogP contribution in [0.25, 0.3) is 0 Å². The van der Waals surface area contributed by atoms with Crippen molar-refractivity contribution < 1.29 is 4.79 Å². The van der Waals surface area contributed by atoms with Gasteiger partial charge in [0, 0.05) is 24.0 Å². The molecule has 1 unspecified atom stereocenters. The molecule has 0 heterocycles. The highest BCUT2D eigenvalue weighted by Gasteiger charge is 2.18. The van der Waals surface area contributed by atoms with Crippen molar-refractivity contribution in [1.29, 1.82) is 5.26 Å². The Kier molecular flexibility index (Phi) is 5.87. The zero-order valence-electron chi connectivity index (χ0n) is 10.7. The molecule has 1 rings (SSSR count). The summed E-state index contributed by atoms with van der Waals surface area (Å²) in [6, 6.07) is 9.75. The van der Waals surface area contributed by atoms with Crippen molar-refractivity contribution >= 4 is 21.8 Å². The molecule has 0 radical (unpaired) electrons. The first-order chi connectivity index (χ1) is 8.62. The molecule has 1 atom stereocenters. The molecule has 0 spiro atoms. The molecule has 18 heavy (non-hydrogen) atoms. The maximum Gasteiger partial charge on any atom is 0.224 e. The van der Waals surface area contributed by atoms with E-state index in [-0.39, 0.29) is 18.2 Å². The lowest BCUT2D eigenvalue weighted by Crippen LogP contribution is -2.31. The van der Waals surface area contributed by atoms with E-state index in [9.17, 15) is 10.1 Å². The van der Waals surface area contributed by atoms with Gasteiger partial charge in [-0.05, 0) is 31.5 Å². The largest absolute Gasteiger partial charge is 0.343 e. The number of amides is 1. The number of benzene rings is 1. The van der Waals surface area contributed by atoms with Crippen molar-refractivity contribution in [3.8, 4) is 6.07 Å². The van der Waals surface area contributed by atoms with Crippen molar-refractivity contribution in [3.63, 3.8) is 0 Å². The number of hydrogen-bond donors (Lipinski definition) is 0. The van der Waals surface area contributed by atoms with Crippen LogP contribution in [0, 0.1) is 11.3 Å². The molecule has 3 nitrogen and oxygen atoms in total. The van der Waals surface area contributed by atoms with Gasteiger partial charge < -0.3 is 4.90 Å². The fourth-order valence-electron chi connectivity index (χ4n) is 1.81. The first-order valence-corrected chi connectivity index (χ1v) is 6.84. The average molecular weight is 309 g/mol. The Bertz CT molecular complexity index is 432. The minimum Gasteiger partial charge on any atom is -0.343 e. The third-order valence-electron chi connectivity index (χ3n) is 2.92. The van der Waals surface area contributed by atoms with Gasteiger partial charge in [0.15, 0.2) is 0 Å². The van der Waals surface area contributed by atoms with Crippen LogP contribution in [-0.2, 0) is 4.79 Å². The van der Waals surface area contributed by atoms with Crippen LogP contribution in [0.3, 0.4) is 0 Å². The molecule has 1 aromatic carbocycles. The second-order valence-corrected chi connectivity index (χ2v) is 4.92. The van der Waals surface area contributed by atoms with E-state index in [0.717, 1.165) is 10.0 Å². The molecule has 96 valence electrons. The number of hydrogen-bond acceptors (Lipinski definition) is 2. The summed E-state index contributed by atoms with van der Waals surface area (Å²) in [5.41, 5.74) is 0.890. The highest BCUT2D eigenvalue weighted by molar-refractivity contribution is 9.10. The molecule has 0 saturated carbocycles. The zero-order chi connectivity index (χ0) is 13.5. The maximum atomic E-state index is 12.0. The minimum atomic E-state index is -0.369. The number of nitriles is 1. The number of nitrogens with zero attached hydrogens (tertiary/aromatic N) is 2. The van der Waals surface area contributed by atoms with Crippen LogP contribution in [0.1, 0.15) is 31.7 Å². The van der Waals surface area contributed by atoms with Gasteiger partial charge in [-0.2, -0.15) is 5.26 Å². The van der Waals surface area contributed by atoms with Gasteiger partial charge in [0.25, 0.3) is 0 Å². The summed E-state index contributed by atoms with van der Waals surface area (Å²) in [5.74, 6) is -0.333. The summed E-state index contributed by atoms with van der Waals surface area (Å²) in [4.78, 5) is 13.7. The normalized spacial score (nSPS) is 11.7. The van der Waals surface area contributed by atoms with Gasteiger partial charge in [-0.1, -0.05) is 28.1 Å². The van der Waals surface area contributed by atoms with Gasteiger partial charge in [-0.25, -0.2) is 0 Å². The number of halogens is 1. The van der Waals surface area contributed by atoms with Crippen molar-refractivity contribution in [1.82, 2.24) is 4.90 Å². The van der Waals surface area contributed by atoms with Gasteiger partial charge in [0.1, 0.15) is 0 Å². The van der Waals surface area contributed by atoms with Gasteiger partial charge in [-0.3, -0.25) is 4.79 Å². The Labute approximate surface area is 117 Å². The van der Waals surface area contributed by atoms with Crippen molar-refractivity contribution in [2.45, 2.75) is 26.2 Å². The van der Waals surface area contributed by atoms with Crippen LogP contribution in [0.5, 0.6) is 0 Å². The van der Waals surface area contributed by atoms with Crippen molar-refractivity contribution in [2.75, 3.05) is 13.1 Å². The first kappa shape index (κ1) is 14.7. The van der Waals surface area contributed by atoms with E-state index in [4.69, 9.17) is 0 Å². The number of carbonyl (C=O) groups excluding carboxylic acids is 1. The van der Waals surface area contributed by atoms with E-state index in [1.807, 2.05) is 38.1 Å². The second-order valence-electron chi connectivity index (χ2n) is 4.00. The molecule has 0 aromatic heterocycles. The Morgan fingerprint density at radius 1 is 1.33 bits per heavy atom. The molecule has 4 heteroatoms. The lowest BCUT2D eigenvalue weighted by Gasteiger charge is -2.20. The fourth-order valence-corrected chi connectivity index (χ4v) is 2.08. The summed E-state index contributed by atoms with van der Waals surface area (Å²) in [6.45, 7) is 5.27. The Morgan fingerprint density at radius 3 is 2.33 bits per heavy atom. The molecule has 0 aliphatic rings. The molecule has 0 fully saturated rings. The molecule has 0 aliphatic heterocycles. The molecule has 0 N–H and O–H groups in total.